The molecule has 0 radical (unpaired) electrons. The fourth-order valence-corrected chi connectivity index (χ4v) is 1.75. The van der Waals surface area contributed by atoms with Gasteiger partial charge in [-0.1, -0.05) is 6.92 Å². The molecule has 0 saturated carbocycles. The Kier molecular flexibility index (Phi) is 1.58. The second kappa shape index (κ2) is 2.48. The largest absolute Gasteiger partial charge is 0.304 e. The fraction of sp³-hybridized carbons (Fsp3) is 0.625. The van der Waals surface area contributed by atoms with Crippen molar-refractivity contribution >= 4 is 0 Å². The van der Waals surface area contributed by atoms with Crippen molar-refractivity contribution in [2.45, 2.75) is 25.9 Å². The number of aromatic amines is 1. The molecular formula is C8H13N3O. The first kappa shape index (κ1) is 7.61. The number of fused-ring (bicyclic) bond motifs is 1. The minimum atomic E-state index is 0.105. The number of aromatic nitrogens is 2. The van der Waals surface area contributed by atoms with Crippen molar-refractivity contribution in [3.8, 4) is 0 Å². The van der Waals surface area contributed by atoms with Gasteiger partial charge in [-0.25, -0.2) is 0 Å². The molecule has 1 atom stereocenters. The van der Waals surface area contributed by atoms with Crippen LogP contribution in [0.4, 0.5) is 0 Å². The second-order valence-corrected chi connectivity index (χ2v) is 3.21. The van der Waals surface area contributed by atoms with Gasteiger partial charge in [0.05, 0.1) is 11.3 Å². The molecule has 0 spiro atoms. The lowest BCUT2D eigenvalue weighted by molar-refractivity contribution is 0.536. The summed E-state index contributed by atoms with van der Waals surface area (Å²) in [5, 5.41) is 6.34. The van der Waals surface area contributed by atoms with E-state index in [2.05, 4.69) is 17.3 Å². The molecule has 1 aromatic heterocycles. The highest BCUT2D eigenvalue weighted by Crippen LogP contribution is 2.22. The first-order valence-electron chi connectivity index (χ1n) is 4.25. The Labute approximate surface area is 70.6 Å². The van der Waals surface area contributed by atoms with Gasteiger partial charge in [-0.2, -0.15) is 0 Å². The molecule has 2 heterocycles. The molecule has 66 valence electrons. The molecule has 0 aliphatic carbocycles. The molecule has 0 amide bonds. The van der Waals surface area contributed by atoms with Crippen LogP contribution in [0.1, 0.15) is 30.6 Å². The van der Waals surface area contributed by atoms with Crippen LogP contribution in [0.2, 0.25) is 0 Å². The standard InChI is InChI=1S/C8H13N3O/c1-3-6-7-5(4-9-6)8(12)11(2)10-7/h6,9-10H,3-4H2,1-2H3. The lowest BCUT2D eigenvalue weighted by Gasteiger charge is -2.06. The van der Waals surface area contributed by atoms with Crippen molar-refractivity contribution < 1.29 is 0 Å². The lowest BCUT2D eigenvalue weighted by atomic mass is 10.1. The minimum Gasteiger partial charge on any atom is -0.304 e. The van der Waals surface area contributed by atoms with Crippen LogP contribution in [0.3, 0.4) is 0 Å². The number of rotatable bonds is 1. The normalized spacial score (nSPS) is 21.3. The molecule has 2 rings (SSSR count). The van der Waals surface area contributed by atoms with Crippen LogP contribution in [0.5, 0.6) is 0 Å². The SMILES string of the molecule is CCC1NCc2c1[nH]n(C)c2=O. The summed E-state index contributed by atoms with van der Waals surface area (Å²) < 4.78 is 1.55. The molecule has 4 heteroatoms. The van der Waals surface area contributed by atoms with Crippen molar-refractivity contribution in [2.24, 2.45) is 7.05 Å². The predicted octanol–water partition coefficient (Wildman–Crippen LogP) is 0.268. The highest BCUT2D eigenvalue weighted by molar-refractivity contribution is 5.25. The summed E-state index contributed by atoms with van der Waals surface area (Å²) in [7, 11) is 1.76. The lowest BCUT2D eigenvalue weighted by Crippen LogP contribution is -2.19. The zero-order chi connectivity index (χ0) is 8.72. The van der Waals surface area contributed by atoms with Gasteiger partial charge >= 0.3 is 0 Å². The Morgan fingerprint density at radius 1 is 1.67 bits per heavy atom. The van der Waals surface area contributed by atoms with E-state index in [1.54, 1.807) is 11.7 Å². The van der Waals surface area contributed by atoms with Crippen LogP contribution >= 0.6 is 0 Å². The summed E-state index contributed by atoms with van der Waals surface area (Å²) in [6, 6.07) is 0.342. The maximum atomic E-state index is 11.4. The summed E-state index contributed by atoms with van der Waals surface area (Å²) in [6.07, 6.45) is 1.02. The topological polar surface area (TPSA) is 49.8 Å². The van der Waals surface area contributed by atoms with E-state index in [1.165, 1.54) is 0 Å². The van der Waals surface area contributed by atoms with Crippen molar-refractivity contribution in [1.29, 1.82) is 0 Å². The third-order valence-electron chi connectivity index (χ3n) is 2.46. The monoisotopic (exact) mass is 167 g/mol. The Hall–Kier alpha value is -1.03. The van der Waals surface area contributed by atoms with E-state index < -0.39 is 0 Å². The van der Waals surface area contributed by atoms with Gasteiger partial charge in [-0.15, -0.1) is 0 Å². The Bertz CT molecular complexity index is 350. The Morgan fingerprint density at radius 3 is 3.08 bits per heavy atom. The molecule has 4 nitrogen and oxygen atoms in total. The molecule has 0 saturated heterocycles. The Morgan fingerprint density at radius 2 is 2.42 bits per heavy atom. The summed E-state index contributed by atoms with van der Waals surface area (Å²) in [5.41, 5.74) is 2.09. The number of aryl methyl sites for hydroxylation is 1. The molecule has 1 aromatic rings. The smallest absolute Gasteiger partial charge is 0.271 e. The van der Waals surface area contributed by atoms with Gasteiger partial charge in [-0.3, -0.25) is 14.6 Å². The number of hydrogen-bond acceptors (Lipinski definition) is 2. The molecule has 12 heavy (non-hydrogen) atoms. The summed E-state index contributed by atoms with van der Waals surface area (Å²) in [5.74, 6) is 0. The average molecular weight is 167 g/mol. The van der Waals surface area contributed by atoms with Crippen LogP contribution in [0, 0.1) is 0 Å². The van der Waals surface area contributed by atoms with E-state index in [4.69, 9.17) is 0 Å². The molecule has 2 N–H and O–H groups in total. The highest BCUT2D eigenvalue weighted by atomic mass is 16.1. The third kappa shape index (κ3) is 0.845. The summed E-state index contributed by atoms with van der Waals surface area (Å²) in [4.78, 5) is 11.4. The van der Waals surface area contributed by atoms with Gasteiger partial charge in [0.15, 0.2) is 0 Å². The molecule has 0 aromatic carbocycles. The zero-order valence-corrected chi connectivity index (χ0v) is 7.35. The summed E-state index contributed by atoms with van der Waals surface area (Å²) in [6.45, 7) is 2.82. The van der Waals surface area contributed by atoms with Crippen LogP contribution in [0.15, 0.2) is 4.79 Å². The maximum absolute atomic E-state index is 11.4. The van der Waals surface area contributed by atoms with E-state index >= 15 is 0 Å². The molecule has 1 unspecified atom stereocenters. The number of nitrogens with zero attached hydrogens (tertiary/aromatic N) is 1. The predicted molar refractivity (Wildman–Crippen MR) is 45.9 cm³/mol. The number of hydrogen-bond donors (Lipinski definition) is 2. The fourth-order valence-electron chi connectivity index (χ4n) is 1.75. The maximum Gasteiger partial charge on any atom is 0.271 e. The first-order valence-corrected chi connectivity index (χ1v) is 4.25. The van der Waals surface area contributed by atoms with E-state index in [9.17, 15) is 4.79 Å². The van der Waals surface area contributed by atoms with E-state index in [-0.39, 0.29) is 5.56 Å². The van der Waals surface area contributed by atoms with Crippen LogP contribution in [-0.4, -0.2) is 9.78 Å². The zero-order valence-electron chi connectivity index (χ0n) is 7.35. The van der Waals surface area contributed by atoms with Crippen molar-refractivity contribution in [1.82, 2.24) is 15.1 Å². The van der Waals surface area contributed by atoms with Crippen molar-refractivity contribution in [2.75, 3.05) is 0 Å². The Balaban J connectivity index is 2.53. The molecule has 0 fully saturated rings. The van der Waals surface area contributed by atoms with E-state index in [0.29, 0.717) is 12.6 Å². The van der Waals surface area contributed by atoms with Crippen molar-refractivity contribution in [3.05, 3.63) is 21.6 Å². The van der Waals surface area contributed by atoms with Crippen LogP contribution < -0.4 is 10.9 Å². The van der Waals surface area contributed by atoms with Crippen LogP contribution in [0.25, 0.3) is 0 Å². The van der Waals surface area contributed by atoms with Gasteiger partial charge in [0.2, 0.25) is 0 Å². The van der Waals surface area contributed by atoms with Gasteiger partial charge in [0.1, 0.15) is 0 Å². The highest BCUT2D eigenvalue weighted by Gasteiger charge is 2.25. The van der Waals surface area contributed by atoms with Gasteiger partial charge in [-0.05, 0) is 6.42 Å². The van der Waals surface area contributed by atoms with Crippen LogP contribution in [-0.2, 0) is 13.6 Å². The third-order valence-corrected chi connectivity index (χ3v) is 2.46. The number of nitrogens with one attached hydrogen (secondary N) is 2. The molecular weight excluding hydrogens is 154 g/mol. The van der Waals surface area contributed by atoms with Gasteiger partial charge in [0, 0.05) is 19.6 Å². The number of H-pyrrole nitrogens is 1. The van der Waals surface area contributed by atoms with Gasteiger partial charge in [0.25, 0.3) is 5.56 Å². The van der Waals surface area contributed by atoms with Gasteiger partial charge < -0.3 is 5.32 Å². The van der Waals surface area contributed by atoms with Crippen molar-refractivity contribution in [3.63, 3.8) is 0 Å². The van der Waals surface area contributed by atoms with E-state index in [1.807, 2.05) is 0 Å². The van der Waals surface area contributed by atoms with E-state index in [0.717, 1.165) is 17.7 Å². The minimum absolute atomic E-state index is 0.105. The quantitative estimate of drug-likeness (QED) is 0.630. The molecule has 1 aliphatic rings. The first-order chi connectivity index (χ1) is 5.74. The summed E-state index contributed by atoms with van der Waals surface area (Å²) >= 11 is 0. The molecule has 1 aliphatic heterocycles. The molecule has 0 bridgehead atoms. The second-order valence-electron chi connectivity index (χ2n) is 3.21. The average Bonchev–Trinajstić information content (AvgIpc) is 2.55.